The molecule has 1 aliphatic carbocycles. The van der Waals surface area contributed by atoms with Gasteiger partial charge >= 0.3 is 0 Å². The summed E-state index contributed by atoms with van der Waals surface area (Å²) in [5.41, 5.74) is 0. The van der Waals surface area contributed by atoms with Gasteiger partial charge in [0.15, 0.2) is 5.96 Å². The Labute approximate surface area is 175 Å². The Morgan fingerprint density at radius 3 is 2.46 bits per heavy atom. The number of guanidine groups is 1. The molecule has 0 aromatic carbocycles. The Morgan fingerprint density at radius 1 is 1.04 bits per heavy atom. The van der Waals surface area contributed by atoms with Gasteiger partial charge in [0.2, 0.25) is 5.91 Å². The topological polar surface area (TPSA) is 60.0 Å². The summed E-state index contributed by atoms with van der Waals surface area (Å²) in [7, 11) is 0. The molecule has 6 nitrogen and oxygen atoms in total. The Bertz CT molecular complexity index is 461. The molecule has 7 heteroatoms. The summed E-state index contributed by atoms with van der Waals surface area (Å²) < 4.78 is 0. The second-order valence-corrected chi connectivity index (χ2v) is 7.70. The number of hydrogen-bond donors (Lipinski definition) is 2. The number of likely N-dealkylation sites (tertiary alicyclic amines) is 2. The van der Waals surface area contributed by atoms with Crippen LogP contribution in [0.4, 0.5) is 0 Å². The first kappa shape index (κ1) is 21.7. The third-order valence-electron chi connectivity index (χ3n) is 5.83. The Kier molecular flexibility index (Phi) is 9.45. The summed E-state index contributed by atoms with van der Waals surface area (Å²) >= 11 is 0. The third-order valence-corrected chi connectivity index (χ3v) is 5.83. The minimum Gasteiger partial charge on any atom is -0.357 e. The van der Waals surface area contributed by atoms with E-state index in [4.69, 9.17) is 0 Å². The van der Waals surface area contributed by atoms with E-state index >= 15 is 0 Å². The summed E-state index contributed by atoms with van der Waals surface area (Å²) in [6.45, 7) is 7.25. The van der Waals surface area contributed by atoms with Crippen molar-refractivity contribution < 1.29 is 4.79 Å². The molecule has 150 valence electrons. The lowest BCUT2D eigenvalue weighted by Crippen LogP contribution is -2.46. The molecule has 26 heavy (non-hydrogen) atoms. The van der Waals surface area contributed by atoms with Crippen LogP contribution in [-0.2, 0) is 4.79 Å². The zero-order valence-corrected chi connectivity index (χ0v) is 18.5. The number of nitrogens with zero attached hydrogens (tertiary/aromatic N) is 3. The van der Waals surface area contributed by atoms with Crippen molar-refractivity contribution in [3.63, 3.8) is 0 Å². The number of carbonyl (C=O) groups excluding carboxylic acids is 1. The summed E-state index contributed by atoms with van der Waals surface area (Å²) in [5.74, 6) is 0.960. The molecule has 2 saturated heterocycles. The van der Waals surface area contributed by atoms with Gasteiger partial charge in [0.05, 0.1) is 0 Å². The van der Waals surface area contributed by atoms with E-state index in [1.54, 1.807) is 0 Å². The molecular weight excluding hydrogens is 441 g/mol. The fourth-order valence-corrected chi connectivity index (χ4v) is 4.41. The van der Waals surface area contributed by atoms with E-state index < -0.39 is 0 Å². The molecule has 2 N–H and O–H groups in total. The van der Waals surface area contributed by atoms with Crippen LogP contribution < -0.4 is 10.6 Å². The molecular formula is C19H36IN5O. The second-order valence-electron chi connectivity index (χ2n) is 7.70. The molecule has 1 saturated carbocycles. The molecule has 0 spiro atoms. The number of nitrogens with one attached hydrogen (secondary N) is 2. The van der Waals surface area contributed by atoms with Crippen LogP contribution in [0.25, 0.3) is 0 Å². The molecule has 0 aromatic heterocycles. The maximum absolute atomic E-state index is 12.3. The fraction of sp³-hybridized carbons (Fsp3) is 0.895. The highest BCUT2D eigenvalue weighted by atomic mass is 127. The zero-order chi connectivity index (χ0) is 17.5. The highest BCUT2D eigenvalue weighted by molar-refractivity contribution is 14.0. The smallest absolute Gasteiger partial charge is 0.244 e. The Hall–Kier alpha value is -0.570. The van der Waals surface area contributed by atoms with E-state index in [0.717, 1.165) is 51.0 Å². The van der Waals surface area contributed by atoms with Crippen molar-refractivity contribution in [2.24, 2.45) is 4.99 Å². The van der Waals surface area contributed by atoms with Gasteiger partial charge in [0, 0.05) is 44.8 Å². The van der Waals surface area contributed by atoms with Crippen LogP contribution in [0.5, 0.6) is 0 Å². The fourth-order valence-electron chi connectivity index (χ4n) is 4.41. The van der Waals surface area contributed by atoms with Gasteiger partial charge in [0.1, 0.15) is 6.54 Å². The van der Waals surface area contributed by atoms with E-state index in [1.165, 1.54) is 45.1 Å². The molecule has 1 atom stereocenters. The van der Waals surface area contributed by atoms with Crippen molar-refractivity contribution in [3.8, 4) is 0 Å². The molecule has 2 aliphatic heterocycles. The Balaban J connectivity index is 0.00000243. The molecule has 2 heterocycles. The number of amides is 1. The van der Waals surface area contributed by atoms with Crippen molar-refractivity contribution in [3.05, 3.63) is 0 Å². The van der Waals surface area contributed by atoms with E-state index in [0.29, 0.717) is 6.04 Å². The monoisotopic (exact) mass is 477 g/mol. The lowest BCUT2D eigenvalue weighted by Gasteiger charge is -2.26. The second kappa shape index (κ2) is 11.3. The maximum Gasteiger partial charge on any atom is 0.244 e. The van der Waals surface area contributed by atoms with Crippen molar-refractivity contribution in [2.45, 2.75) is 70.4 Å². The summed E-state index contributed by atoms with van der Waals surface area (Å²) in [5, 5.41) is 6.86. The first-order valence-electron chi connectivity index (χ1n) is 10.3. The van der Waals surface area contributed by atoms with Gasteiger partial charge in [-0.1, -0.05) is 12.8 Å². The van der Waals surface area contributed by atoms with Crippen LogP contribution in [0.15, 0.2) is 4.99 Å². The third kappa shape index (κ3) is 6.25. The minimum atomic E-state index is 0. The van der Waals surface area contributed by atoms with E-state index in [9.17, 15) is 4.79 Å². The van der Waals surface area contributed by atoms with Crippen LogP contribution in [0.1, 0.15) is 58.3 Å². The van der Waals surface area contributed by atoms with Gasteiger partial charge < -0.3 is 15.5 Å². The van der Waals surface area contributed by atoms with Crippen molar-refractivity contribution in [2.75, 3.05) is 39.3 Å². The van der Waals surface area contributed by atoms with Gasteiger partial charge in [-0.3, -0.25) is 9.69 Å². The molecule has 3 fully saturated rings. The van der Waals surface area contributed by atoms with Gasteiger partial charge in [-0.15, -0.1) is 24.0 Å². The number of rotatable bonds is 5. The number of carbonyl (C=O) groups is 1. The normalized spacial score (nSPS) is 25.2. The van der Waals surface area contributed by atoms with E-state index in [1.807, 2.05) is 4.90 Å². The van der Waals surface area contributed by atoms with Crippen LogP contribution >= 0.6 is 24.0 Å². The predicted molar refractivity (Wildman–Crippen MR) is 117 cm³/mol. The van der Waals surface area contributed by atoms with Crippen LogP contribution in [0, 0.1) is 0 Å². The van der Waals surface area contributed by atoms with Gasteiger partial charge in [0.25, 0.3) is 0 Å². The first-order chi connectivity index (χ1) is 12.3. The Morgan fingerprint density at radius 2 is 1.77 bits per heavy atom. The quantitative estimate of drug-likeness (QED) is 0.362. The minimum absolute atomic E-state index is 0. The van der Waals surface area contributed by atoms with Gasteiger partial charge in [-0.2, -0.15) is 0 Å². The molecule has 1 amide bonds. The molecule has 3 rings (SSSR count). The largest absolute Gasteiger partial charge is 0.357 e. The lowest BCUT2D eigenvalue weighted by atomic mass is 10.1. The lowest BCUT2D eigenvalue weighted by molar-refractivity contribution is -0.130. The molecule has 1 unspecified atom stereocenters. The number of piperidine rings is 1. The standard InChI is InChI=1S/C19H35N5O.HI/c1-2-20-19(21-14-18(25)23-11-6-3-7-12-23)22-16-10-13-24(15-16)17-8-4-5-9-17;/h16-17H,2-15H2,1H3,(H2,20,21,22);1H. The number of halogens is 1. The van der Waals surface area contributed by atoms with Crippen LogP contribution in [-0.4, -0.2) is 73.0 Å². The molecule has 3 aliphatic rings. The predicted octanol–water partition coefficient (Wildman–Crippen LogP) is 2.19. The van der Waals surface area contributed by atoms with Gasteiger partial charge in [-0.25, -0.2) is 4.99 Å². The van der Waals surface area contributed by atoms with E-state index in [2.05, 4.69) is 27.4 Å². The maximum atomic E-state index is 12.3. The zero-order valence-electron chi connectivity index (χ0n) is 16.2. The average molecular weight is 477 g/mol. The van der Waals surface area contributed by atoms with E-state index in [-0.39, 0.29) is 36.4 Å². The molecule has 0 radical (unpaired) electrons. The first-order valence-corrected chi connectivity index (χ1v) is 10.3. The number of aliphatic imine (C=N–C) groups is 1. The SMILES string of the molecule is CCNC(=NCC(=O)N1CCCCC1)NC1CCN(C2CCCC2)C1.I. The molecule has 0 aromatic rings. The van der Waals surface area contributed by atoms with Crippen LogP contribution in [0.2, 0.25) is 0 Å². The number of hydrogen-bond acceptors (Lipinski definition) is 3. The highest BCUT2D eigenvalue weighted by Crippen LogP contribution is 2.26. The van der Waals surface area contributed by atoms with Crippen molar-refractivity contribution in [1.82, 2.24) is 20.4 Å². The van der Waals surface area contributed by atoms with Crippen LogP contribution in [0.3, 0.4) is 0 Å². The van der Waals surface area contributed by atoms with Crippen molar-refractivity contribution in [1.29, 1.82) is 0 Å². The van der Waals surface area contributed by atoms with Crippen molar-refractivity contribution >= 4 is 35.8 Å². The highest BCUT2D eigenvalue weighted by Gasteiger charge is 2.30. The summed E-state index contributed by atoms with van der Waals surface area (Å²) in [6.07, 6.45) is 10.2. The molecule has 0 bridgehead atoms. The average Bonchev–Trinajstić information content (AvgIpc) is 3.32. The summed E-state index contributed by atoms with van der Waals surface area (Å²) in [6, 6.07) is 1.25. The van der Waals surface area contributed by atoms with Gasteiger partial charge in [-0.05, 0) is 45.4 Å². The summed E-state index contributed by atoms with van der Waals surface area (Å²) in [4.78, 5) is 21.5.